The molecule has 1 amide bonds. The van der Waals surface area contributed by atoms with Gasteiger partial charge in [-0.25, -0.2) is 9.18 Å². The molecule has 18 heavy (non-hydrogen) atoms. The van der Waals surface area contributed by atoms with Gasteiger partial charge in [-0.3, -0.25) is 4.79 Å². The van der Waals surface area contributed by atoms with Gasteiger partial charge in [-0.15, -0.1) is 0 Å². The molecule has 1 aliphatic rings. The monoisotopic (exact) mass is 252 g/mol. The number of hydrogen-bond acceptors (Lipinski definition) is 3. The van der Waals surface area contributed by atoms with E-state index in [1.54, 1.807) is 0 Å². The van der Waals surface area contributed by atoms with Crippen LogP contribution >= 0.6 is 0 Å². The van der Waals surface area contributed by atoms with Crippen molar-refractivity contribution in [1.29, 1.82) is 0 Å². The molecule has 0 bridgehead atoms. The minimum atomic E-state index is -1.00. The van der Waals surface area contributed by atoms with Gasteiger partial charge < -0.3 is 16.2 Å². The van der Waals surface area contributed by atoms with Gasteiger partial charge in [-0.05, 0) is 37.0 Å². The number of hydrogen-bond donors (Lipinski definition) is 3. The van der Waals surface area contributed by atoms with Gasteiger partial charge in [0.05, 0.1) is 5.69 Å². The fourth-order valence-corrected chi connectivity index (χ4v) is 1.76. The summed E-state index contributed by atoms with van der Waals surface area (Å²) in [6.07, 6.45) is 1.65. The number of nitrogens with two attached hydrogens (primary N) is 1. The lowest BCUT2D eigenvalue weighted by Crippen LogP contribution is -2.31. The summed E-state index contributed by atoms with van der Waals surface area (Å²) in [4.78, 5) is 21.9. The summed E-state index contributed by atoms with van der Waals surface area (Å²) in [5.74, 6) is -2.37. The molecular formula is C12H13FN2O3. The van der Waals surface area contributed by atoms with Crippen molar-refractivity contribution in [1.82, 2.24) is 0 Å². The number of benzene rings is 1. The van der Waals surface area contributed by atoms with Crippen molar-refractivity contribution in [2.45, 2.75) is 18.9 Å². The quantitative estimate of drug-likeness (QED) is 0.734. The third-order valence-electron chi connectivity index (χ3n) is 2.92. The fourth-order valence-electron chi connectivity index (χ4n) is 1.76. The normalized spacial score (nSPS) is 16.1. The van der Waals surface area contributed by atoms with E-state index < -0.39 is 23.7 Å². The second kappa shape index (κ2) is 4.64. The van der Waals surface area contributed by atoms with E-state index >= 15 is 0 Å². The van der Waals surface area contributed by atoms with Crippen LogP contribution in [0, 0.1) is 11.7 Å². The van der Waals surface area contributed by atoms with Crippen molar-refractivity contribution >= 4 is 17.6 Å². The summed E-state index contributed by atoms with van der Waals surface area (Å²) in [6.45, 7) is 0. The summed E-state index contributed by atoms with van der Waals surface area (Å²) in [6, 6.07) is 2.89. The highest BCUT2D eigenvalue weighted by Crippen LogP contribution is 2.34. The summed E-state index contributed by atoms with van der Waals surface area (Å²) in [5, 5.41) is 11.7. The zero-order chi connectivity index (χ0) is 13.3. The molecule has 0 heterocycles. The van der Waals surface area contributed by atoms with Crippen LogP contribution in [-0.2, 0) is 4.79 Å². The highest BCUT2D eigenvalue weighted by Gasteiger charge is 2.36. The molecule has 1 atom stereocenters. The Balaban J connectivity index is 2.18. The molecule has 4 N–H and O–H groups in total. The van der Waals surface area contributed by atoms with E-state index in [2.05, 4.69) is 5.32 Å². The van der Waals surface area contributed by atoms with E-state index in [1.807, 2.05) is 0 Å². The standard InChI is InChI=1S/C12H13FN2O3/c13-8-5-7(11(14)16)3-4-9(8)15-10(12(17)18)6-1-2-6/h3-6,10,15H,1-2H2,(H2,14,16)(H,17,18). The van der Waals surface area contributed by atoms with Gasteiger partial charge >= 0.3 is 5.97 Å². The highest BCUT2D eigenvalue weighted by molar-refractivity contribution is 5.93. The van der Waals surface area contributed by atoms with Crippen LogP contribution in [0.25, 0.3) is 0 Å². The van der Waals surface area contributed by atoms with E-state index in [-0.39, 0.29) is 17.2 Å². The number of nitrogens with one attached hydrogen (secondary N) is 1. The second-order valence-electron chi connectivity index (χ2n) is 4.36. The van der Waals surface area contributed by atoms with Crippen molar-refractivity contribution < 1.29 is 19.1 Å². The van der Waals surface area contributed by atoms with E-state index in [0.29, 0.717) is 0 Å². The first-order chi connectivity index (χ1) is 8.49. The minimum Gasteiger partial charge on any atom is -0.480 e. The molecule has 0 saturated heterocycles. The predicted molar refractivity (Wildman–Crippen MR) is 62.7 cm³/mol. The van der Waals surface area contributed by atoms with Gasteiger partial charge in [0, 0.05) is 5.56 Å². The molecule has 6 heteroatoms. The van der Waals surface area contributed by atoms with Crippen molar-refractivity contribution in [3.63, 3.8) is 0 Å². The zero-order valence-electron chi connectivity index (χ0n) is 9.52. The van der Waals surface area contributed by atoms with Crippen LogP contribution in [0.15, 0.2) is 18.2 Å². The molecule has 0 aromatic heterocycles. The third kappa shape index (κ3) is 2.58. The third-order valence-corrected chi connectivity index (χ3v) is 2.92. The average Bonchev–Trinajstić information content (AvgIpc) is 3.10. The van der Waals surface area contributed by atoms with E-state index in [4.69, 9.17) is 10.8 Å². The number of carbonyl (C=O) groups excluding carboxylic acids is 1. The Hall–Kier alpha value is -2.11. The Kier molecular flexibility index (Phi) is 3.18. The molecule has 1 fully saturated rings. The molecule has 1 aromatic carbocycles. The van der Waals surface area contributed by atoms with Gasteiger partial charge in [0.1, 0.15) is 11.9 Å². The number of rotatable bonds is 5. The molecule has 5 nitrogen and oxygen atoms in total. The van der Waals surface area contributed by atoms with E-state index in [1.165, 1.54) is 12.1 Å². The first-order valence-electron chi connectivity index (χ1n) is 5.57. The smallest absolute Gasteiger partial charge is 0.326 e. The predicted octanol–water partition coefficient (Wildman–Crippen LogP) is 1.20. The van der Waals surface area contributed by atoms with Crippen molar-refractivity contribution in [3.05, 3.63) is 29.6 Å². The number of halogens is 1. The molecule has 0 spiro atoms. The van der Waals surface area contributed by atoms with Crippen LogP contribution in [0.2, 0.25) is 0 Å². The number of aliphatic carboxylic acids is 1. The first kappa shape index (κ1) is 12.3. The Morgan fingerprint density at radius 3 is 2.56 bits per heavy atom. The van der Waals surface area contributed by atoms with Crippen LogP contribution in [0.4, 0.5) is 10.1 Å². The lowest BCUT2D eigenvalue weighted by molar-refractivity contribution is -0.138. The number of anilines is 1. The average molecular weight is 252 g/mol. The number of amides is 1. The van der Waals surface area contributed by atoms with Gasteiger partial charge in [-0.2, -0.15) is 0 Å². The zero-order valence-corrected chi connectivity index (χ0v) is 9.52. The van der Waals surface area contributed by atoms with Crippen LogP contribution in [0.3, 0.4) is 0 Å². The van der Waals surface area contributed by atoms with Crippen LogP contribution in [0.5, 0.6) is 0 Å². The maximum absolute atomic E-state index is 13.7. The maximum atomic E-state index is 13.7. The van der Waals surface area contributed by atoms with Crippen molar-refractivity contribution in [2.24, 2.45) is 11.7 Å². The first-order valence-corrected chi connectivity index (χ1v) is 5.57. The van der Waals surface area contributed by atoms with Crippen LogP contribution in [-0.4, -0.2) is 23.0 Å². The molecule has 2 rings (SSSR count). The second-order valence-corrected chi connectivity index (χ2v) is 4.36. The SMILES string of the molecule is NC(=O)c1ccc(NC(C(=O)O)C2CC2)c(F)c1. The molecule has 1 aliphatic carbocycles. The largest absolute Gasteiger partial charge is 0.480 e. The topological polar surface area (TPSA) is 92.4 Å². The minimum absolute atomic E-state index is 0.0396. The molecule has 1 aromatic rings. The summed E-state index contributed by atoms with van der Waals surface area (Å²) in [5.41, 5.74) is 5.14. The summed E-state index contributed by atoms with van der Waals surface area (Å²) < 4.78 is 13.7. The number of carbonyl (C=O) groups is 2. The maximum Gasteiger partial charge on any atom is 0.326 e. The summed E-state index contributed by atoms with van der Waals surface area (Å²) >= 11 is 0. The van der Waals surface area contributed by atoms with Crippen LogP contribution in [0.1, 0.15) is 23.2 Å². The van der Waals surface area contributed by atoms with Crippen molar-refractivity contribution in [3.8, 4) is 0 Å². The van der Waals surface area contributed by atoms with Crippen molar-refractivity contribution in [2.75, 3.05) is 5.32 Å². The van der Waals surface area contributed by atoms with Gasteiger partial charge in [0.15, 0.2) is 0 Å². The Morgan fingerprint density at radius 1 is 1.44 bits per heavy atom. The number of primary amides is 1. The van der Waals surface area contributed by atoms with Gasteiger partial charge in [-0.1, -0.05) is 0 Å². The van der Waals surface area contributed by atoms with E-state index in [0.717, 1.165) is 18.9 Å². The van der Waals surface area contributed by atoms with E-state index in [9.17, 15) is 14.0 Å². The number of carboxylic acid groups (broad SMARTS) is 1. The molecule has 0 radical (unpaired) electrons. The molecule has 1 unspecified atom stereocenters. The molecule has 0 aliphatic heterocycles. The van der Waals surface area contributed by atoms with Gasteiger partial charge in [0.2, 0.25) is 5.91 Å². The Bertz CT molecular complexity index is 500. The molecule has 1 saturated carbocycles. The lowest BCUT2D eigenvalue weighted by atomic mass is 10.1. The molecule has 96 valence electrons. The van der Waals surface area contributed by atoms with Gasteiger partial charge in [0.25, 0.3) is 0 Å². The Labute approximate surface area is 103 Å². The Morgan fingerprint density at radius 2 is 2.11 bits per heavy atom. The van der Waals surface area contributed by atoms with Crippen LogP contribution < -0.4 is 11.1 Å². The molecular weight excluding hydrogens is 239 g/mol. The fraction of sp³-hybridized carbons (Fsp3) is 0.333. The summed E-state index contributed by atoms with van der Waals surface area (Å²) in [7, 11) is 0. The number of carboxylic acids is 1. The highest BCUT2D eigenvalue weighted by atomic mass is 19.1. The lowest BCUT2D eigenvalue weighted by Gasteiger charge is -2.15.